The van der Waals surface area contributed by atoms with Gasteiger partial charge >= 0.3 is 0 Å². The van der Waals surface area contributed by atoms with Crippen molar-refractivity contribution in [3.05, 3.63) is 23.8 Å². The van der Waals surface area contributed by atoms with Crippen LogP contribution in [0.15, 0.2) is 18.2 Å². The van der Waals surface area contributed by atoms with Gasteiger partial charge in [-0.25, -0.2) is 0 Å². The van der Waals surface area contributed by atoms with Crippen LogP contribution in [-0.4, -0.2) is 24.4 Å². The average Bonchev–Trinajstić information content (AvgIpc) is 2.97. The van der Waals surface area contributed by atoms with E-state index in [4.69, 9.17) is 0 Å². The van der Waals surface area contributed by atoms with Crippen LogP contribution in [0.3, 0.4) is 0 Å². The molecule has 1 saturated heterocycles. The molecule has 1 atom stereocenters. The highest BCUT2D eigenvalue weighted by atomic mass is 16.2. The van der Waals surface area contributed by atoms with E-state index in [1.54, 1.807) is 0 Å². The van der Waals surface area contributed by atoms with Crippen LogP contribution in [0.5, 0.6) is 0 Å². The summed E-state index contributed by atoms with van der Waals surface area (Å²) in [4.78, 5) is 23.6. The molecule has 108 valence electrons. The Morgan fingerprint density at radius 1 is 1.30 bits per heavy atom. The maximum absolute atomic E-state index is 12.1. The lowest BCUT2D eigenvalue weighted by Gasteiger charge is -2.15. The minimum atomic E-state index is -0.108. The molecule has 0 aliphatic carbocycles. The molecule has 0 unspecified atom stereocenters. The fraction of sp³-hybridized carbons (Fsp3) is 0.467. The number of hydrogen-bond acceptors (Lipinski definition) is 3. The van der Waals surface area contributed by atoms with Crippen molar-refractivity contribution >= 4 is 23.2 Å². The van der Waals surface area contributed by atoms with Crippen molar-refractivity contribution in [1.82, 2.24) is 5.32 Å². The summed E-state index contributed by atoms with van der Waals surface area (Å²) in [6.07, 6.45) is 2.34. The summed E-state index contributed by atoms with van der Waals surface area (Å²) < 4.78 is 0. The van der Waals surface area contributed by atoms with E-state index in [2.05, 4.69) is 16.0 Å². The van der Waals surface area contributed by atoms with Gasteiger partial charge in [-0.15, -0.1) is 0 Å². The first-order valence-corrected chi connectivity index (χ1v) is 7.05. The standard InChI is InChI=1S/C15H21N3O2/c1-3-14(19)17-11-6-4-7-12(10(11)2)18-15(20)13-8-5-9-16-13/h4,6-7,13,16H,3,5,8-9H2,1-2H3,(H,17,19)(H,18,20)/t13-/m0/s1. The lowest BCUT2D eigenvalue weighted by atomic mass is 10.1. The fourth-order valence-corrected chi connectivity index (χ4v) is 2.27. The zero-order valence-electron chi connectivity index (χ0n) is 12.0. The van der Waals surface area contributed by atoms with E-state index >= 15 is 0 Å². The predicted molar refractivity (Wildman–Crippen MR) is 79.8 cm³/mol. The number of amides is 2. The van der Waals surface area contributed by atoms with Gasteiger partial charge < -0.3 is 16.0 Å². The van der Waals surface area contributed by atoms with E-state index in [-0.39, 0.29) is 17.9 Å². The second kappa shape index (κ2) is 6.52. The molecule has 1 heterocycles. The van der Waals surface area contributed by atoms with Gasteiger partial charge in [0.1, 0.15) is 0 Å². The quantitative estimate of drug-likeness (QED) is 0.787. The van der Waals surface area contributed by atoms with Gasteiger partial charge in [-0.2, -0.15) is 0 Å². The number of carbonyl (C=O) groups excluding carboxylic acids is 2. The van der Waals surface area contributed by atoms with Gasteiger partial charge in [0.15, 0.2) is 0 Å². The number of anilines is 2. The molecule has 1 aromatic rings. The number of nitrogens with one attached hydrogen (secondary N) is 3. The lowest BCUT2D eigenvalue weighted by molar-refractivity contribution is -0.118. The molecule has 5 nitrogen and oxygen atoms in total. The van der Waals surface area contributed by atoms with Crippen molar-refractivity contribution in [2.75, 3.05) is 17.2 Å². The van der Waals surface area contributed by atoms with Gasteiger partial charge in [-0.1, -0.05) is 13.0 Å². The molecule has 0 saturated carbocycles. The molecule has 0 bridgehead atoms. The molecule has 1 aliphatic heterocycles. The van der Waals surface area contributed by atoms with Crippen molar-refractivity contribution in [2.45, 2.75) is 39.2 Å². The third kappa shape index (κ3) is 3.36. The van der Waals surface area contributed by atoms with Gasteiger partial charge in [-0.05, 0) is 44.0 Å². The van der Waals surface area contributed by atoms with Crippen molar-refractivity contribution in [3.8, 4) is 0 Å². The fourth-order valence-electron chi connectivity index (χ4n) is 2.27. The summed E-state index contributed by atoms with van der Waals surface area (Å²) >= 11 is 0. The molecule has 5 heteroatoms. The molecule has 2 amide bonds. The van der Waals surface area contributed by atoms with Gasteiger partial charge in [0.25, 0.3) is 0 Å². The third-order valence-electron chi connectivity index (χ3n) is 3.56. The van der Waals surface area contributed by atoms with Crippen LogP contribution >= 0.6 is 0 Å². The molecule has 20 heavy (non-hydrogen) atoms. The highest BCUT2D eigenvalue weighted by Crippen LogP contribution is 2.24. The number of hydrogen-bond donors (Lipinski definition) is 3. The minimum absolute atomic E-state index is 0.00966. The van der Waals surface area contributed by atoms with E-state index < -0.39 is 0 Å². The molecular weight excluding hydrogens is 254 g/mol. The van der Waals surface area contributed by atoms with Gasteiger partial charge in [0.05, 0.1) is 6.04 Å². The van der Waals surface area contributed by atoms with Gasteiger partial charge in [0.2, 0.25) is 11.8 Å². The Morgan fingerprint density at radius 2 is 2.00 bits per heavy atom. The van der Waals surface area contributed by atoms with Crippen molar-refractivity contribution in [3.63, 3.8) is 0 Å². The SMILES string of the molecule is CCC(=O)Nc1cccc(NC(=O)[C@@H]2CCCN2)c1C. The van der Waals surface area contributed by atoms with E-state index in [1.165, 1.54) is 0 Å². The van der Waals surface area contributed by atoms with Gasteiger partial charge in [0, 0.05) is 17.8 Å². The smallest absolute Gasteiger partial charge is 0.241 e. The van der Waals surface area contributed by atoms with Crippen molar-refractivity contribution in [2.24, 2.45) is 0 Å². The largest absolute Gasteiger partial charge is 0.326 e. The first kappa shape index (κ1) is 14.5. The van der Waals surface area contributed by atoms with Crippen LogP contribution in [0.2, 0.25) is 0 Å². The Hall–Kier alpha value is -1.88. The molecule has 2 rings (SSSR count). The molecule has 1 aromatic carbocycles. The first-order chi connectivity index (χ1) is 9.61. The zero-order chi connectivity index (χ0) is 14.5. The van der Waals surface area contributed by atoms with Gasteiger partial charge in [-0.3, -0.25) is 9.59 Å². The second-order valence-electron chi connectivity index (χ2n) is 5.02. The van der Waals surface area contributed by atoms with Crippen molar-refractivity contribution in [1.29, 1.82) is 0 Å². The van der Waals surface area contributed by atoms with Crippen LogP contribution in [0.25, 0.3) is 0 Å². The summed E-state index contributed by atoms with van der Waals surface area (Å²) in [6, 6.07) is 5.41. The normalized spacial score (nSPS) is 17.8. The summed E-state index contributed by atoms with van der Waals surface area (Å²) in [6.45, 7) is 4.59. The molecule has 0 spiro atoms. The Morgan fingerprint density at radius 3 is 2.60 bits per heavy atom. The van der Waals surface area contributed by atoms with Crippen LogP contribution in [0.4, 0.5) is 11.4 Å². The second-order valence-corrected chi connectivity index (χ2v) is 5.02. The monoisotopic (exact) mass is 275 g/mol. The summed E-state index contributed by atoms with van der Waals surface area (Å²) in [7, 11) is 0. The first-order valence-electron chi connectivity index (χ1n) is 7.05. The molecule has 0 aromatic heterocycles. The van der Waals surface area contributed by atoms with E-state index in [9.17, 15) is 9.59 Å². The average molecular weight is 275 g/mol. The molecular formula is C15H21N3O2. The topological polar surface area (TPSA) is 70.2 Å². The minimum Gasteiger partial charge on any atom is -0.326 e. The molecule has 0 radical (unpaired) electrons. The van der Waals surface area contributed by atoms with Crippen molar-refractivity contribution < 1.29 is 9.59 Å². The summed E-state index contributed by atoms with van der Waals surface area (Å²) in [5, 5.41) is 8.94. The number of rotatable bonds is 4. The maximum Gasteiger partial charge on any atom is 0.241 e. The van der Waals surface area contributed by atoms with Crippen LogP contribution in [0.1, 0.15) is 31.7 Å². The van der Waals surface area contributed by atoms with E-state index in [0.717, 1.165) is 36.3 Å². The van der Waals surface area contributed by atoms with Crippen LogP contribution in [0, 0.1) is 6.92 Å². The summed E-state index contributed by atoms with van der Waals surface area (Å²) in [5.41, 5.74) is 2.37. The zero-order valence-corrected chi connectivity index (χ0v) is 12.0. The lowest BCUT2D eigenvalue weighted by Crippen LogP contribution is -2.35. The van der Waals surface area contributed by atoms with Crippen LogP contribution < -0.4 is 16.0 Å². The molecule has 3 N–H and O–H groups in total. The van der Waals surface area contributed by atoms with E-state index in [0.29, 0.717) is 6.42 Å². The summed E-state index contributed by atoms with van der Waals surface area (Å²) in [5.74, 6) is -0.0430. The highest BCUT2D eigenvalue weighted by Gasteiger charge is 2.22. The maximum atomic E-state index is 12.1. The third-order valence-corrected chi connectivity index (χ3v) is 3.56. The van der Waals surface area contributed by atoms with E-state index in [1.807, 2.05) is 32.0 Å². The Bertz CT molecular complexity index is 508. The molecule has 1 aliphatic rings. The molecule has 1 fully saturated rings. The Balaban J connectivity index is 2.09. The van der Waals surface area contributed by atoms with Crippen LogP contribution in [-0.2, 0) is 9.59 Å². The number of benzene rings is 1. The Kier molecular flexibility index (Phi) is 4.74. The predicted octanol–water partition coefficient (Wildman–Crippen LogP) is 2.03. The highest BCUT2D eigenvalue weighted by molar-refractivity contribution is 5.98. The number of carbonyl (C=O) groups is 2. The Labute approximate surface area is 119 Å².